The van der Waals surface area contributed by atoms with Gasteiger partial charge in [0.2, 0.25) is 0 Å². The summed E-state index contributed by atoms with van der Waals surface area (Å²) in [6, 6.07) is 6.50. The number of aliphatic hydroxyl groups is 1. The van der Waals surface area contributed by atoms with Crippen molar-refractivity contribution in [2.45, 2.75) is 12.5 Å². The molecule has 0 aliphatic carbocycles. The molecule has 1 atom stereocenters. The Labute approximate surface area is 82.9 Å². The van der Waals surface area contributed by atoms with Gasteiger partial charge in [-0.15, -0.1) is 0 Å². The van der Waals surface area contributed by atoms with Crippen LogP contribution in [0.4, 0.5) is 0 Å². The fraction of sp³-hybridized carbons (Fsp3) is 0.400. The summed E-state index contributed by atoms with van der Waals surface area (Å²) in [4.78, 5) is 0. The molecule has 0 aliphatic rings. The topological polar surface area (TPSA) is 75.7 Å². The Morgan fingerprint density at radius 3 is 2.71 bits per heavy atom. The molecule has 4 heteroatoms. The zero-order valence-corrected chi connectivity index (χ0v) is 7.89. The van der Waals surface area contributed by atoms with Crippen molar-refractivity contribution in [3.8, 4) is 11.5 Å². The third kappa shape index (κ3) is 3.24. The summed E-state index contributed by atoms with van der Waals surface area (Å²) < 4.78 is 5.26. The molecule has 4 nitrogen and oxygen atoms in total. The molecule has 1 rings (SSSR count). The van der Waals surface area contributed by atoms with E-state index in [4.69, 9.17) is 15.6 Å². The van der Waals surface area contributed by atoms with Crippen LogP contribution in [0.25, 0.3) is 0 Å². The molecule has 0 bridgehead atoms. The molecule has 0 aromatic heterocycles. The maximum atomic E-state index is 9.34. The highest BCUT2D eigenvalue weighted by atomic mass is 16.5. The number of para-hydroxylation sites is 2. The van der Waals surface area contributed by atoms with Gasteiger partial charge in [-0.3, -0.25) is 0 Å². The monoisotopic (exact) mass is 197 g/mol. The molecular formula is C10H15NO3. The molecule has 1 aromatic rings. The zero-order valence-electron chi connectivity index (χ0n) is 7.89. The second kappa shape index (κ2) is 5.47. The number of benzene rings is 1. The van der Waals surface area contributed by atoms with Gasteiger partial charge in [0.1, 0.15) is 6.61 Å². The highest BCUT2D eigenvalue weighted by Crippen LogP contribution is 2.24. The molecule has 0 fully saturated rings. The van der Waals surface area contributed by atoms with Crippen molar-refractivity contribution >= 4 is 0 Å². The van der Waals surface area contributed by atoms with Crippen LogP contribution in [0.3, 0.4) is 0 Å². The Morgan fingerprint density at radius 1 is 1.36 bits per heavy atom. The lowest BCUT2D eigenvalue weighted by Gasteiger charge is -2.12. The van der Waals surface area contributed by atoms with Gasteiger partial charge in [-0.25, -0.2) is 0 Å². The molecule has 78 valence electrons. The van der Waals surface area contributed by atoms with Crippen molar-refractivity contribution < 1.29 is 14.9 Å². The predicted octanol–water partition coefficient (Wildman–Crippen LogP) is 0.481. The van der Waals surface area contributed by atoms with Gasteiger partial charge < -0.3 is 20.7 Å². The number of hydrogen-bond acceptors (Lipinski definition) is 4. The molecule has 14 heavy (non-hydrogen) atoms. The predicted molar refractivity (Wildman–Crippen MR) is 53.3 cm³/mol. The standard InChI is InChI=1S/C10H15NO3/c11-8(5-6-12)7-14-10-4-2-1-3-9(10)13/h1-4,8,12-13H,5-7,11H2. The lowest BCUT2D eigenvalue weighted by atomic mass is 10.2. The lowest BCUT2D eigenvalue weighted by molar-refractivity contribution is 0.229. The molecule has 0 radical (unpaired) electrons. The van der Waals surface area contributed by atoms with E-state index in [2.05, 4.69) is 0 Å². The van der Waals surface area contributed by atoms with E-state index in [0.717, 1.165) is 0 Å². The first-order valence-electron chi connectivity index (χ1n) is 4.51. The fourth-order valence-corrected chi connectivity index (χ4v) is 1.03. The molecule has 0 spiro atoms. The van der Waals surface area contributed by atoms with Crippen LogP contribution in [0.1, 0.15) is 6.42 Å². The summed E-state index contributed by atoms with van der Waals surface area (Å²) in [6.45, 7) is 0.337. The first-order valence-corrected chi connectivity index (χ1v) is 4.51. The average molecular weight is 197 g/mol. The minimum Gasteiger partial charge on any atom is -0.504 e. The molecular weight excluding hydrogens is 182 g/mol. The summed E-state index contributed by atoms with van der Waals surface area (Å²) in [5.41, 5.74) is 5.62. The summed E-state index contributed by atoms with van der Waals surface area (Å²) in [7, 11) is 0. The minimum absolute atomic E-state index is 0.0469. The highest BCUT2D eigenvalue weighted by Gasteiger charge is 2.04. The molecule has 1 unspecified atom stereocenters. The second-order valence-corrected chi connectivity index (χ2v) is 3.05. The number of ether oxygens (including phenoxy) is 1. The highest BCUT2D eigenvalue weighted by molar-refractivity contribution is 5.37. The Hall–Kier alpha value is -1.26. The summed E-state index contributed by atoms with van der Waals surface area (Å²) in [5, 5.41) is 17.9. The van der Waals surface area contributed by atoms with Crippen LogP contribution in [-0.4, -0.2) is 29.5 Å². The number of nitrogens with two attached hydrogens (primary N) is 1. The summed E-state index contributed by atoms with van der Waals surface area (Å²) in [5.74, 6) is 0.518. The van der Waals surface area contributed by atoms with Gasteiger partial charge in [0.25, 0.3) is 0 Å². The van der Waals surface area contributed by atoms with Crippen LogP contribution in [0.2, 0.25) is 0 Å². The van der Waals surface area contributed by atoms with E-state index in [-0.39, 0.29) is 25.0 Å². The molecule has 4 N–H and O–H groups in total. The zero-order chi connectivity index (χ0) is 10.4. The molecule has 0 saturated carbocycles. The minimum atomic E-state index is -0.209. The maximum Gasteiger partial charge on any atom is 0.160 e. The SMILES string of the molecule is NC(CCO)COc1ccccc1O. The number of aliphatic hydroxyl groups excluding tert-OH is 1. The Kier molecular flexibility index (Phi) is 4.22. The van der Waals surface area contributed by atoms with Crippen LogP contribution in [-0.2, 0) is 0 Å². The maximum absolute atomic E-state index is 9.34. The number of aromatic hydroxyl groups is 1. The van der Waals surface area contributed by atoms with E-state index >= 15 is 0 Å². The van der Waals surface area contributed by atoms with E-state index in [1.165, 1.54) is 0 Å². The quantitative estimate of drug-likeness (QED) is 0.641. The van der Waals surface area contributed by atoms with Crippen molar-refractivity contribution in [1.29, 1.82) is 0 Å². The molecule has 1 aromatic carbocycles. The normalized spacial score (nSPS) is 12.4. The molecule has 0 heterocycles. The number of rotatable bonds is 5. The Balaban J connectivity index is 2.41. The Morgan fingerprint density at radius 2 is 2.07 bits per heavy atom. The lowest BCUT2D eigenvalue weighted by Crippen LogP contribution is -2.28. The van der Waals surface area contributed by atoms with Crippen molar-refractivity contribution in [1.82, 2.24) is 0 Å². The van der Waals surface area contributed by atoms with Crippen LogP contribution >= 0.6 is 0 Å². The van der Waals surface area contributed by atoms with Gasteiger partial charge in [-0.2, -0.15) is 0 Å². The smallest absolute Gasteiger partial charge is 0.160 e. The van der Waals surface area contributed by atoms with Gasteiger partial charge in [0.05, 0.1) is 0 Å². The van der Waals surface area contributed by atoms with Gasteiger partial charge in [0, 0.05) is 12.6 Å². The van der Waals surface area contributed by atoms with E-state index in [1.54, 1.807) is 24.3 Å². The van der Waals surface area contributed by atoms with Crippen LogP contribution in [0, 0.1) is 0 Å². The number of phenols is 1. The second-order valence-electron chi connectivity index (χ2n) is 3.05. The number of phenolic OH excluding ortho intramolecular Hbond substituents is 1. The van der Waals surface area contributed by atoms with Crippen molar-refractivity contribution in [3.63, 3.8) is 0 Å². The van der Waals surface area contributed by atoms with Gasteiger partial charge in [-0.1, -0.05) is 12.1 Å². The largest absolute Gasteiger partial charge is 0.504 e. The third-order valence-electron chi connectivity index (χ3n) is 1.82. The molecule has 0 saturated heterocycles. The van der Waals surface area contributed by atoms with Gasteiger partial charge in [0.15, 0.2) is 11.5 Å². The first-order chi connectivity index (χ1) is 6.74. The summed E-state index contributed by atoms with van der Waals surface area (Å²) in [6.07, 6.45) is 0.494. The molecule has 0 amide bonds. The number of hydrogen-bond donors (Lipinski definition) is 3. The van der Waals surface area contributed by atoms with Crippen LogP contribution < -0.4 is 10.5 Å². The summed E-state index contributed by atoms with van der Waals surface area (Å²) >= 11 is 0. The average Bonchev–Trinajstić information content (AvgIpc) is 2.17. The third-order valence-corrected chi connectivity index (χ3v) is 1.82. The van der Waals surface area contributed by atoms with E-state index < -0.39 is 0 Å². The van der Waals surface area contributed by atoms with E-state index in [1.807, 2.05) is 0 Å². The van der Waals surface area contributed by atoms with E-state index in [0.29, 0.717) is 12.2 Å². The molecule has 0 aliphatic heterocycles. The fourth-order valence-electron chi connectivity index (χ4n) is 1.03. The van der Waals surface area contributed by atoms with Crippen molar-refractivity contribution in [2.75, 3.05) is 13.2 Å². The van der Waals surface area contributed by atoms with Crippen molar-refractivity contribution in [3.05, 3.63) is 24.3 Å². The van der Waals surface area contributed by atoms with E-state index in [9.17, 15) is 5.11 Å². The first kappa shape index (κ1) is 10.8. The van der Waals surface area contributed by atoms with Crippen LogP contribution in [0.15, 0.2) is 24.3 Å². The van der Waals surface area contributed by atoms with Gasteiger partial charge in [-0.05, 0) is 18.6 Å². The Bertz CT molecular complexity index is 278. The van der Waals surface area contributed by atoms with Crippen molar-refractivity contribution in [2.24, 2.45) is 5.73 Å². The van der Waals surface area contributed by atoms with Gasteiger partial charge >= 0.3 is 0 Å². The van der Waals surface area contributed by atoms with Crippen LogP contribution in [0.5, 0.6) is 11.5 Å².